The second-order valence-electron chi connectivity index (χ2n) is 10.0. The van der Waals surface area contributed by atoms with Gasteiger partial charge < -0.3 is 21.5 Å². The van der Waals surface area contributed by atoms with Crippen molar-refractivity contribution in [3.63, 3.8) is 0 Å². The van der Waals surface area contributed by atoms with Crippen molar-refractivity contribution in [1.29, 1.82) is 0 Å². The van der Waals surface area contributed by atoms with Gasteiger partial charge in [0.2, 0.25) is 5.91 Å². The van der Waals surface area contributed by atoms with Gasteiger partial charge in [0, 0.05) is 6.42 Å². The second kappa shape index (κ2) is 19.8. The van der Waals surface area contributed by atoms with Gasteiger partial charge in [-0.1, -0.05) is 98.3 Å². The predicted molar refractivity (Wildman–Crippen MR) is 140 cm³/mol. The number of hydrogen-bond acceptors (Lipinski definition) is 5. The molecule has 200 valence electrons. The summed E-state index contributed by atoms with van der Waals surface area (Å²) in [7, 11) is 0. The molecule has 5 N–H and O–H groups in total. The van der Waals surface area contributed by atoms with E-state index in [0.717, 1.165) is 19.5 Å². The predicted octanol–water partition coefficient (Wildman–Crippen LogP) is 4.96. The lowest BCUT2D eigenvalue weighted by molar-refractivity contribution is -0.150. The van der Waals surface area contributed by atoms with Gasteiger partial charge in [0.25, 0.3) is 0 Å². The van der Waals surface area contributed by atoms with Crippen molar-refractivity contribution in [1.82, 2.24) is 10.6 Å². The number of rotatable bonds is 23. The fraction of sp³-hybridized carbons (Fsp3) is 0.889. The molecule has 0 bridgehead atoms. The lowest BCUT2D eigenvalue weighted by Gasteiger charge is -2.29. The van der Waals surface area contributed by atoms with Crippen molar-refractivity contribution in [2.24, 2.45) is 11.7 Å². The molecule has 0 radical (unpaired) electrons. The first-order valence-electron chi connectivity index (χ1n) is 13.8. The molecule has 0 aliphatic rings. The van der Waals surface area contributed by atoms with Gasteiger partial charge in [-0.05, 0) is 38.3 Å². The molecule has 1 amide bonds. The first-order valence-corrected chi connectivity index (χ1v) is 13.8. The Hall–Kier alpha value is -1.47. The summed E-state index contributed by atoms with van der Waals surface area (Å²) in [5.41, 5.74) is 3.85. The van der Waals surface area contributed by atoms with E-state index in [4.69, 9.17) is 5.73 Å². The monoisotopic (exact) mass is 483 g/mol. The normalized spacial score (nSPS) is 14.1. The van der Waals surface area contributed by atoms with Crippen LogP contribution in [0.15, 0.2) is 0 Å². The molecule has 34 heavy (non-hydrogen) atoms. The lowest BCUT2D eigenvalue weighted by Crippen LogP contribution is -2.62. The maximum Gasteiger partial charge on any atom is 0.331 e. The third-order valence-corrected chi connectivity index (χ3v) is 6.61. The van der Waals surface area contributed by atoms with Gasteiger partial charge >= 0.3 is 5.97 Å². The molecule has 0 spiro atoms. The summed E-state index contributed by atoms with van der Waals surface area (Å²) in [4.78, 5) is 36.5. The number of nitrogens with two attached hydrogens (primary N) is 1. The number of carboxylic acid groups (broad SMARTS) is 1. The molecule has 0 saturated heterocycles. The lowest BCUT2D eigenvalue weighted by atomic mass is 9.83. The van der Waals surface area contributed by atoms with Crippen LogP contribution in [-0.4, -0.2) is 47.4 Å². The molecule has 0 aromatic carbocycles. The van der Waals surface area contributed by atoms with Crippen LogP contribution in [0.25, 0.3) is 0 Å². The number of carboxylic acids is 1. The standard InChI is InChI=1S/C27H53N3O4/c1-5-7-8-9-10-11-12-13-14-15-16-17-20-29-21-18-19-23(31)30-24(22(3)4)25(32)27(28,6-2)26(33)34/h22,24,29H,5-21,28H2,1-4H3,(H,30,31)(H,33,34)/t24-,27?/m0/s1. The van der Waals surface area contributed by atoms with E-state index in [1.54, 1.807) is 20.8 Å². The zero-order valence-electron chi connectivity index (χ0n) is 22.4. The van der Waals surface area contributed by atoms with E-state index >= 15 is 0 Å². The summed E-state index contributed by atoms with van der Waals surface area (Å²) in [6.45, 7) is 9.07. The SMILES string of the molecule is CCCCCCCCCCCCCCNCCCC(=O)N[C@H](C(=O)C(N)(CC)C(=O)O)C(C)C. The van der Waals surface area contributed by atoms with Crippen LogP contribution in [0.4, 0.5) is 0 Å². The molecule has 7 nitrogen and oxygen atoms in total. The number of carbonyl (C=O) groups excluding carboxylic acids is 2. The molecule has 0 aromatic heterocycles. The van der Waals surface area contributed by atoms with Crippen molar-refractivity contribution >= 4 is 17.7 Å². The minimum atomic E-state index is -1.97. The summed E-state index contributed by atoms with van der Waals surface area (Å²) >= 11 is 0. The third-order valence-electron chi connectivity index (χ3n) is 6.61. The minimum Gasteiger partial charge on any atom is -0.480 e. The van der Waals surface area contributed by atoms with Gasteiger partial charge in [-0.15, -0.1) is 0 Å². The summed E-state index contributed by atoms with van der Waals surface area (Å²) < 4.78 is 0. The Morgan fingerprint density at radius 2 is 1.26 bits per heavy atom. The topological polar surface area (TPSA) is 122 Å². The van der Waals surface area contributed by atoms with Crippen LogP contribution in [0.1, 0.15) is 124 Å². The highest BCUT2D eigenvalue weighted by molar-refractivity contribution is 6.10. The zero-order valence-corrected chi connectivity index (χ0v) is 22.4. The van der Waals surface area contributed by atoms with E-state index in [2.05, 4.69) is 17.6 Å². The second-order valence-corrected chi connectivity index (χ2v) is 10.0. The Bertz CT molecular complexity index is 568. The molecule has 0 aliphatic carbocycles. The Kier molecular flexibility index (Phi) is 18.9. The molecule has 0 saturated carbocycles. The molecular formula is C27H53N3O4. The van der Waals surface area contributed by atoms with Crippen LogP contribution in [0.2, 0.25) is 0 Å². The summed E-state index contributed by atoms with van der Waals surface area (Å²) in [5, 5.41) is 15.4. The van der Waals surface area contributed by atoms with Gasteiger partial charge in [-0.3, -0.25) is 9.59 Å². The number of hydrogen-bond donors (Lipinski definition) is 4. The maximum absolute atomic E-state index is 12.7. The number of aliphatic carboxylic acids is 1. The minimum absolute atomic E-state index is 0.0245. The molecule has 0 aliphatic heterocycles. The Morgan fingerprint density at radius 1 is 0.794 bits per heavy atom. The summed E-state index contributed by atoms with van der Waals surface area (Å²) in [6, 6.07) is -0.900. The number of Topliss-reactive ketones (excluding diaryl/α,β-unsaturated/α-hetero) is 1. The van der Waals surface area contributed by atoms with Gasteiger partial charge in [0.15, 0.2) is 11.3 Å². The molecule has 0 rings (SSSR count). The van der Waals surface area contributed by atoms with E-state index in [1.165, 1.54) is 70.6 Å². The Labute approximate surface area is 208 Å². The fourth-order valence-corrected chi connectivity index (χ4v) is 4.08. The van der Waals surface area contributed by atoms with Crippen molar-refractivity contribution in [3.05, 3.63) is 0 Å². The Morgan fingerprint density at radius 3 is 1.71 bits per heavy atom. The first kappa shape index (κ1) is 32.5. The maximum atomic E-state index is 12.7. The van der Waals surface area contributed by atoms with Gasteiger partial charge in [0.05, 0.1) is 6.04 Å². The molecule has 0 aromatic rings. The summed E-state index contributed by atoms with van der Waals surface area (Å²) in [6.07, 6.45) is 16.9. The number of carbonyl (C=O) groups is 3. The molecule has 1 unspecified atom stereocenters. The number of unbranched alkanes of at least 4 members (excludes halogenated alkanes) is 11. The van der Waals surface area contributed by atoms with Crippen LogP contribution in [0.5, 0.6) is 0 Å². The number of amides is 1. The van der Waals surface area contributed by atoms with Crippen LogP contribution >= 0.6 is 0 Å². The molecule has 2 atom stereocenters. The van der Waals surface area contributed by atoms with Crippen molar-refractivity contribution < 1.29 is 19.5 Å². The van der Waals surface area contributed by atoms with E-state index in [-0.39, 0.29) is 18.2 Å². The molecule has 0 fully saturated rings. The average molecular weight is 484 g/mol. The third kappa shape index (κ3) is 14.1. The number of nitrogens with one attached hydrogen (secondary N) is 2. The van der Waals surface area contributed by atoms with Crippen molar-refractivity contribution in [2.75, 3.05) is 13.1 Å². The summed E-state index contributed by atoms with van der Waals surface area (Å²) in [5.74, 6) is -2.49. The van der Waals surface area contributed by atoms with Crippen LogP contribution in [-0.2, 0) is 14.4 Å². The molecule has 7 heteroatoms. The average Bonchev–Trinajstić information content (AvgIpc) is 2.80. The van der Waals surface area contributed by atoms with Crippen LogP contribution in [0.3, 0.4) is 0 Å². The van der Waals surface area contributed by atoms with Crippen molar-refractivity contribution in [2.45, 2.75) is 136 Å². The Balaban J connectivity index is 3.85. The van der Waals surface area contributed by atoms with E-state index in [9.17, 15) is 19.5 Å². The zero-order chi connectivity index (χ0) is 25.8. The van der Waals surface area contributed by atoms with Gasteiger partial charge in [-0.2, -0.15) is 0 Å². The van der Waals surface area contributed by atoms with Crippen LogP contribution < -0.4 is 16.4 Å². The largest absolute Gasteiger partial charge is 0.480 e. The highest BCUT2D eigenvalue weighted by Gasteiger charge is 2.45. The molecular weight excluding hydrogens is 430 g/mol. The van der Waals surface area contributed by atoms with Gasteiger partial charge in [-0.25, -0.2) is 4.79 Å². The van der Waals surface area contributed by atoms with Gasteiger partial charge in [0.1, 0.15) is 0 Å². The van der Waals surface area contributed by atoms with Crippen LogP contribution in [0, 0.1) is 5.92 Å². The quantitative estimate of drug-likeness (QED) is 0.120. The highest BCUT2D eigenvalue weighted by Crippen LogP contribution is 2.16. The molecule has 0 heterocycles. The highest BCUT2D eigenvalue weighted by atomic mass is 16.4. The van der Waals surface area contributed by atoms with E-state index < -0.39 is 23.3 Å². The first-order chi connectivity index (χ1) is 16.2. The van der Waals surface area contributed by atoms with E-state index in [1.807, 2.05) is 0 Å². The van der Waals surface area contributed by atoms with Crippen molar-refractivity contribution in [3.8, 4) is 0 Å². The smallest absolute Gasteiger partial charge is 0.331 e. The fourth-order valence-electron chi connectivity index (χ4n) is 4.08. The number of ketones is 1. The van der Waals surface area contributed by atoms with E-state index in [0.29, 0.717) is 12.8 Å².